The fourth-order valence-corrected chi connectivity index (χ4v) is 3.78. The van der Waals surface area contributed by atoms with Crippen molar-refractivity contribution in [2.45, 2.75) is 19.4 Å². The van der Waals surface area contributed by atoms with Crippen LogP contribution >= 0.6 is 0 Å². The molecule has 1 unspecified atom stereocenters. The Morgan fingerprint density at radius 1 is 1.13 bits per heavy atom. The SMILES string of the molecule is CC(=O)Oc1cccc(N2C(=O)CC(Nc3ccc([NH+]4CCOCC4)cc3)C2=O)c1. The molecule has 2 saturated heterocycles. The fraction of sp³-hybridized carbons (Fsp3) is 0.318. The Balaban J connectivity index is 1.44. The Hall–Kier alpha value is -3.23. The number of benzene rings is 2. The quantitative estimate of drug-likeness (QED) is 0.433. The standard InChI is InChI=1S/C22H23N3O5/c1-15(26)30-19-4-2-3-18(13-19)25-21(27)14-20(22(25)28)23-16-5-7-17(8-6-16)24-9-11-29-12-10-24/h2-8,13,20,23H,9-12,14H2,1H3/p+1. The predicted molar refractivity (Wildman–Crippen MR) is 110 cm³/mol. The molecule has 8 nitrogen and oxygen atoms in total. The van der Waals surface area contributed by atoms with Crippen LogP contribution in [0.15, 0.2) is 48.5 Å². The number of morpholine rings is 1. The van der Waals surface area contributed by atoms with Gasteiger partial charge in [0.2, 0.25) is 5.91 Å². The summed E-state index contributed by atoms with van der Waals surface area (Å²) in [7, 11) is 0. The molecule has 0 aromatic heterocycles. The van der Waals surface area contributed by atoms with E-state index < -0.39 is 12.0 Å². The van der Waals surface area contributed by atoms with Gasteiger partial charge in [-0.2, -0.15) is 0 Å². The lowest BCUT2D eigenvalue weighted by Gasteiger charge is -2.23. The Kier molecular flexibility index (Phi) is 5.78. The molecule has 2 N–H and O–H groups in total. The lowest BCUT2D eigenvalue weighted by Crippen LogP contribution is -3.09. The van der Waals surface area contributed by atoms with Crippen molar-refractivity contribution in [1.82, 2.24) is 0 Å². The van der Waals surface area contributed by atoms with Crippen molar-refractivity contribution in [3.63, 3.8) is 0 Å². The smallest absolute Gasteiger partial charge is 0.308 e. The minimum absolute atomic E-state index is 0.0626. The van der Waals surface area contributed by atoms with Crippen LogP contribution in [0.2, 0.25) is 0 Å². The maximum atomic E-state index is 12.9. The average molecular weight is 410 g/mol. The van der Waals surface area contributed by atoms with Crippen LogP contribution in [0.25, 0.3) is 0 Å². The highest BCUT2D eigenvalue weighted by Crippen LogP contribution is 2.28. The Morgan fingerprint density at radius 2 is 1.87 bits per heavy atom. The van der Waals surface area contributed by atoms with Crippen molar-refractivity contribution in [2.75, 3.05) is 36.5 Å². The molecule has 30 heavy (non-hydrogen) atoms. The van der Waals surface area contributed by atoms with Gasteiger partial charge in [0, 0.05) is 30.8 Å². The molecule has 0 spiro atoms. The second kappa shape index (κ2) is 8.64. The number of hydrogen-bond acceptors (Lipinski definition) is 6. The molecule has 2 aliphatic rings. The maximum Gasteiger partial charge on any atom is 0.308 e. The largest absolute Gasteiger partial charge is 0.427 e. The minimum atomic E-state index is -0.642. The highest BCUT2D eigenvalue weighted by atomic mass is 16.5. The summed E-state index contributed by atoms with van der Waals surface area (Å²) in [6.07, 6.45) is 0.0626. The number of nitrogens with zero attached hydrogens (tertiary/aromatic N) is 1. The van der Waals surface area contributed by atoms with Gasteiger partial charge >= 0.3 is 5.97 Å². The highest BCUT2D eigenvalue weighted by molar-refractivity contribution is 6.23. The molecule has 4 rings (SSSR count). The van der Waals surface area contributed by atoms with Gasteiger partial charge < -0.3 is 14.8 Å². The van der Waals surface area contributed by atoms with E-state index >= 15 is 0 Å². The van der Waals surface area contributed by atoms with Crippen LogP contribution in [0, 0.1) is 0 Å². The van der Waals surface area contributed by atoms with E-state index in [2.05, 4.69) is 5.32 Å². The van der Waals surface area contributed by atoms with E-state index in [1.54, 1.807) is 18.2 Å². The van der Waals surface area contributed by atoms with Gasteiger partial charge in [0.05, 0.1) is 25.3 Å². The average Bonchev–Trinajstić information content (AvgIpc) is 3.02. The van der Waals surface area contributed by atoms with Crippen LogP contribution in [-0.4, -0.2) is 50.1 Å². The van der Waals surface area contributed by atoms with E-state index in [4.69, 9.17) is 9.47 Å². The molecule has 2 aliphatic heterocycles. The zero-order valence-electron chi connectivity index (χ0n) is 16.7. The predicted octanol–water partition coefficient (Wildman–Crippen LogP) is 0.902. The lowest BCUT2D eigenvalue weighted by atomic mass is 10.2. The molecule has 2 heterocycles. The van der Waals surface area contributed by atoms with Crippen LogP contribution in [0.3, 0.4) is 0 Å². The van der Waals surface area contributed by atoms with E-state index in [0.717, 1.165) is 36.9 Å². The first-order valence-electron chi connectivity index (χ1n) is 9.96. The number of ether oxygens (including phenoxy) is 2. The third-order valence-corrected chi connectivity index (χ3v) is 5.21. The number of nitrogens with one attached hydrogen (secondary N) is 2. The molecular formula is C22H24N3O5+. The summed E-state index contributed by atoms with van der Waals surface area (Å²) in [4.78, 5) is 39.1. The van der Waals surface area contributed by atoms with Gasteiger partial charge in [0.1, 0.15) is 30.6 Å². The van der Waals surface area contributed by atoms with Crippen LogP contribution < -0.4 is 19.9 Å². The van der Waals surface area contributed by atoms with Crippen LogP contribution in [-0.2, 0) is 19.1 Å². The summed E-state index contributed by atoms with van der Waals surface area (Å²) >= 11 is 0. The number of esters is 1. The summed E-state index contributed by atoms with van der Waals surface area (Å²) in [5.41, 5.74) is 2.36. The van der Waals surface area contributed by atoms with Crippen molar-refractivity contribution >= 4 is 34.8 Å². The molecule has 2 aromatic carbocycles. The normalized spacial score (nSPS) is 19.8. The molecule has 2 amide bonds. The lowest BCUT2D eigenvalue weighted by molar-refractivity contribution is -0.842. The number of carbonyl (C=O) groups excluding carboxylic acids is 3. The van der Waals surface area contributed by atoms with Gasteiger partial charge in [0.15, 0.2) is 0 Å². The van der Waals surface area contributed by atoms with Gasteiger partial charge in [-0.3, -0.25) is 19.3 Å². The molecule has 0 aliphatic carbocycles. The van der Waals surface area contributed by atoms with Gasteiger partial charge in [-0.15, -0.1) is 0 Å². The molecule has 156 valence electrons. The first kappa shape index (κ1) is 20.1. The van der Waals surface area contributed by atoms with E-state index in [1.807, 2.05) is 24.3 Å². The molecule has 8 heteroatoms. The number of anilines is 2. The first-order chi connectivity index (χ1) is 14.5. The molecule has 0 bridgehead atoms. The second-order valence-corrected chi connectivity index (χ2v) is 7.35. The van der Waals surface area contributed by atoms with E-state index in [9.17, 15) is 14.4 Å². The topological polar surface area (TPSA) is 89.4 Å². The second-order valence-electron chi connectivity index (χ2n) is 7.35. The molecule has 1 atom stereocenters. The van der Waals surface area contributed by atoms with E-state index in [0.29, 0.717) is 11.4 Å². The van der Waals surface area contributed by atoms with Gasteiger partial charge in [-0.25, -0.2) is 4.90 Å². The van der Waals surface area contributed by atoms with Crippen molar-refractivity contribution in [3.8, 4) is 5.75 Å². The summed E-state index contributed by atoms with van der Waals surface area (Å²) in [5, 5.41) is 3.17. The van der Waals surface area contributed by atoms with Crippen LogP contribution in [0.4, 0.5) is 17.1 Å². The Labute approximate surface area is 174 Å². The Bertz CT molecular complexity index is 954. The van der Waals surface area contributed by atoms with Crippen LogP contribution in [0.1, 0.15) is 13.3 Å². The summed E-state index contributed by atoms with van der Waals surface area (Å²) in [6.45, 7) is 4.67. The van der Waals surface area contributed by atoms with Gasteiger partial charge in [-0.1, -0.05) is 6.07 Å². The molecule has 2 aromatic rings. The number of amides is 2. The molecule has 0 saturated carbocycles. The first-order valence-corrected chi connectivity index (χ1v) is 9.96. The zero-order chi connectivity index (χ0) is 21.1. The molecular weight excluding hydrogens is 386 g/mol. The number of quaternary nitrogens is 1. The van der Waals surface area contributed by atoms with Crippen LogP contribution in [0.5, 0.6) is 5.75 Å². The number of rotatable bonds is 5. The summed E-state index contributed by atoms with van der Waals surface area (Å²) in [6, 6.07) is 13.7. The molecule has 2 fully saturated rings. The van der Waals surface area contributed by atoms with Gasteiger partial charge in [-0.05, 0) is 24.3 Å². The maximum absolute atomic E-state index is 12.9. The third kappa shape index (κ3) is 4.34. The van der Waals surface area contributed by atoms with E-state index in [1.165, 1.54) is 23.6 Å². The van der Waals surface area contributed by atoms with Gasteiger partial charge in [0.25, 0.3) is 5.91 Å². The van der Waals surface area contributed by atoms with Crippen molar-refractivity contribution in [2.24, 2.45) is 0 Å². The monoisotopic (exact) mass is 410 g/mol. The molecule has 0 radical (unpaired) electrons. The highest BCUT2D eigenvalue weighted by Gasteiger charge is 2.39. The van der Waals surface area contributed by atoms with Crippen molar-refractivity contribution in [3.05, 3.63) is 48.5 Å². The fourth-order valence-electron chi connectivity index (χ4n) is 3.78. The minimum Gasteiger partial charge on any atom is -0.427 e. The van der Waals surface area contributed by atoms with E-state index in [-0.39, 0.29) is 18.2 Å². The van der Waals surface area contributed by atoms with Crippen molar-refractivity contribution in [1.29, 1.82) is 0 Å². The van der Waals surface area contributed by atoms with Crippen molar-refractivity contribution < 1.29 is 28.8 Å². The number of carbonyl (C=O) groups is 3. The number of imide groups is 1. The zero-order valence-corrected chi connectivity index (χ0v) is 16.7. The Morgan fingerprint density at radius 3 is 2.57 bits per heavy atom. The number of hydrogen-bond donors (Lipinski definition) is 2. The third-order valence-electron chi connectivity index (χ3n) is 5.21. The summed E-state index contributed by atoms with van der Waals surface area (Å²) < 4.78 is 10.5. The summed E-state index contributed by atoms with van der Waals surface area (Å²) in [5.74, 6) is -0.805.